The van der Waals surface area contributed by atoms with E-state index in [1.807, 2.05) is 0 Å². The Morgan fingerprint density at radius 1 is 1.33 bits per heavy atom. The van der Waals surface area contributed by atoms with Crippen molar-refractivity contribution in [2.75, 3.05) is 0 Å². The van der Waals surface area contributed by atoms with E-state index in [0.717, 1.165) is 0 Å². The van der Waals surface area contributed by atoms with Gasteiger partial charge >= 0.3 is 60.1 Å². The van der Waals surface area contributed by atoms with Crippen LogP contribution in [0.2, 0.25) is 0 Å². The molecule has 50 valence electrons. The monoisotopic (exact) mass is 190 g/mol. The van der Waals surface area contributed by atoms with E-state index in [4.69, 9.17) is 11.5 Å². The molecule has 0 bridgehead atoms. The maximum atomic E-state index is 5.46. The van der Waals surface area contributed by atoms with Crippen LogP contribution in [-0.4, -0.2) is 14.5 Å². The summed E-state index contributed by atoms with van der Waals surface area (Å²) < 4.78 is 1.35. The Morgan fingerprint density at radius 2 is 2.11 bits per heavy atom. The molecule has 0 aliphatic carbocycles. The van der Waals surface area contributed by atoms with Gasteiger partial charge in [-0.3, -0.25) is 0 Å². The SMILES string of the molecule is NCc1cc[se]c1CN. The van der Waals surface area contributed by atoms with E-state index < -0.39 is 0 Å². The first-order valence-electron chi connectivity index (χ1n) is 2.84. The maximum absolute atomic E-state index is 5.46. The van der Waals surface area contributed by atoms with Gasteiger partial charge in [0.25, 0.3) is 0 Å². The van der Waals surface area contributed by atoms with E-state index in [0.29, 0.717) is 27.6 Å². The van der Waals surface area contributed by atoms with E-state index in [9.17, 15) is 0 Å². The molecule has 4 N–H and O–H groups in total. The summed E-state index contributed by atoms with van der Waals surface area (Å²) >= 11 is 0.503. The van der Waals surface area contributed by atoms with Crippen molar-refractivity contribution in [3.8, 4) is 0 Å². The van der Waals surface area contributed by atoms with Crippen LogP contribution in [0.15, 0.2) is 11.0 Å². The molecule has 3 heteroatoms. The van der Waals surface area contributed by atoms with Crippen molar-refractivity contribution in [3.05, 3.63) is 21.0 Å². The molecule has 1 rings (SSSR count). The van der Waals surface area contributed by atoms with Crippen LogP contribution >= 0.6 is 0 Å². The Labute approximate surface area is 60.6 Å². The van der Waals surface area contributed by atoms with Crippen LogP contribution in [0.25, 0.3) is 0 Å². The van der Waals surface area contributed by atoms with Crippen molar-refractivity contribution in [1.29, 1.82) is 0 Å². The second-order valence-electron chi connectivity index (χ2n) is 1.78. The molecular formula is C6H10N2Se. The first-order chi connectivity index (χ1) is 4.38. The first-order valence-corrected chi connectivity index (χ1v) is 4.68. The van der Waals surface area contributed by atoms with Gasteiger partial charge in [0.1, 0.15) is 0 Å². The Bertz CT molecular complexity index is 164. The average molecular weight is 189 g/mol. The van der Waals surface area contributed by atoms with Crippen LogP contribution in [0.1, 0.15) is 10.0 Å². The normalized spacial score (nSPS) is 10.0. The van der Waals surface area contributed by atoms with E-state index in [1.165, 1.54) is 10.0 Å². The molecule has 0 aromatic carbocycles. The van der Waals surface area contributed by atoms with Gasteiger partial charge in [-0.25, -0.2) is 0 Å². The quantitative estimate of drug-likeness (QED) is 0.625. The fourth-order valence-corrected chi connectivity index (χ4v) is 2.40. The summed E-state index contributed by atoms with van der Waals surface area (Å²) in [4.78, 5) is 2.16. The molecule has 0 atom stereocenters. The molecule has 0 aliphatic rings. The molecule has 2 nitrogen and oxygen atoms in total. The van der Waals surface area contributed by atoms with E-state index in [1.54, 1.807) is 0 Å². The van der Waals surface area contributed by atoms with Crippen LogP contribution in [0, 0.1) is 0 Å². The number of nitrogens with two attached hydrogens (primary N) is 2. The average Bonchev–Trinajstić information content (AvgIpc) is 2.33. The minimum absolute atomic E-state index is 0.503. The van der Waals surface area contributed by atoms with Crippen molar-refractivity contribution >= 4 is 14.5 Å². The topological polar surface area (TPSA) is 52.0 Å². The van der Waals surface area contributed by atoms with E-state index in [2.05, 4.69) is 11.0 Å². The first kappa shape index (κ1) is 7.03. The minimum atomic E-state index is 0.503. The summed E-state index contributed by atoms with van der Waals surface area (Å²) in [6, 6.07) is 2.09. The van der Waals surface area contributed by atoms with Gasteiger partial charge in [0.2, 0.25) is 0 Å². The molecule has 9 heavy (non-hydrogen) atoms. The van der Waals surface area contributed by atoms with Gasteiger partial charge in [-0.2, -0.15) is 0 Å². The molecule has 0 unspecified atom stereocenters. The summed E-state index contributed by atoms with van der Waals surface area (Å²) in [6.45, 7) is 1.32. The molecule has 1 heterocycles. The zero-order valence-corrected chi connectivity index (χ0v) is 6.84. The van der Waals surface area contributed by atoms with Gasteiger partial charge in [-0.15, -0.1) is 0 Å². The summed E-state index contributed by atoms with van der Waals surface area (Å²) in [5.74, 6) is 0. The van der Waals surface area contributed by atoms with Crippen molar-refractivity contribution in [2.24, 2.45) is 11.5 Å². The van der Waals surface area contributed by atoms with E-state index >= 15 is 0 Å². The Morgan fingerprint density at radius 3 is 2.56 bits per heavy atom. The van der Waals surface area contributed by atoms with Crippen molar-refractivity contribution in [3.63, 3.8) is 0 Å². The van der Waals surface area contributed by atoms with E-state index in [-0.39, 0.29) is 0 Å². The van der Waals surface area contributed by atoms with Gasteiger partial charge in [0.05, 0.1) is 0 Å². The summed E-state index contributed by atoms with van der Waals surface area (Å²) in [6.07, 6.45) is 0. The predicted molar refractivity (Wildman–Crippen MR) is 39.2 cm³/mol. The number of hydrogen-bond donors (Lipinski definition) is 2. The van der Waals surface area contributed by atoms with Gasteiger partial charge in [-0.1, -0.05) is 0 Å². The zero-order valence-electron chi connectivity index (χ0n) is 5.13. The summed E-state index contributed by atoms with van der Waals surface area (Å²) in [5.41, 5.74) is 12.2. The van der Waals surface area contributed by atoms with Gasteiger partial charge in [0, 0.05) is 0 Å². The molecule has 0 saturated carbocycles. The Balaban J connectivity index is 2.85. The molecule has 1 aromatic rings. The van der Waals surface area contributed by atoms with Gasteiger partial charge < -0.3 is 0 Å². The van der Waals surface area contributed by atoms with Crippen molar-refractivity contribution < 1.29 is 0 Å². The van der Waals surface area contributed by atoms with Crippen molar-refractivity contribution in [2.45, 2.75) is 13.1 Å². The molecule has 1 aromatic heterocycles. The second-order valence-corrected chi connectivity index (χ2v) is 3.88. The Hall–Kier alpha value is -0.0805. The molecule has 0 saturated heterocycles. The van der Waals surface area contributed by atoms with Crippen LogP contribution in [0.5, 0.6) is 0 Å². The van der Waals surface area contributed by atoms with Gasteiger partial charge in [0.15, 0.2) is 0 Å². The van der Waals surface area contributed by atoms with Crippen LogP contribution in [0.4, 0.5) is 0 Å². The molecule has 0 amide bonds. The molecular weight excluding hydrogens is 179 g/mol. The third-order valence-electron chi connectivity index (χ3n) is 1.24. The van der Waals surface area contributed by atoms with Crippen molar-refractivity contribution in [1.82, 2.24) is 0 Å². The molecule has 0 radical (unpaired) electrons. The summed E-state index contributed by atoms with van der Waals surface area (Å²) in [7, 11) is 0. The third kappa shape index (κ3) is 1.43. The van der Waals surface area contributed by atoms with Gasteiger partial charge in [-0.05, 0) is 0 Å². The van der Waals surface area contributed by atoms with Crippen LogP contribution in [0.3, 0.4) is 0 Å². The second kappa shape index (κ2) is 3.18. The summed E-state index contributed by atoms with van der Waals surface area (Å²) in [5, 5.41) is 0. The number of hydrogen-bond acceptors (Lipinski definition) is 2. The number of rotatable bonds is 2. The molecule has 0 aliphatic heterocycles. The standard InChI is InChI=1S/C6H10N2Se/c7-3-5-1-2-9-6(5)4-8/h1-2H,3-4,7-8H2. The molecule has 0 fully saturated rings. The Kier molecular flexibility index (Phi) is 2.48. The third-order valence-corrected chi connectivity index (χ3v) is 3.31. The zero-order chi connectivity index (χ0) is 6.69. The molecule has 0 spiro atoms. The fourth-order valence-electron chi connectivity index (χ4n) is 0.728. The fraction of sp³-hybridized carbons (Fsp3) is 0.333. The van der Waals surface area contributed by atoms with Crippen LogP contribution in [-0.2, 0) is 13.1 Å². The van der Waals surface area contributed by atoms with Crippen LogP contribution < -0.4 is 11.5 Å². The predicted octanol–water partition coefficient (Wildman–Crippen LogP) is -0.339.